The number of nitrogen functional groups attached to an aromatic ring is 1. The van der Waals surface area contributed by atoms with Gasteiger partial charge in [0.1, 0.15) is 11.6 Å². The second-order valence-electron chi connectivity index (χ2n) is 4.27. The van der Waals surface area contributed by atoms with Crippen LogP contribution in [0.15, 0.2) is 18.3 Å². The molecule has 0 atom stereocenters. The van der Waals surface area contributed by atoms with Gasteiger partial charge < -0.3 is 11.1 Å². The van der Waals surface area contributed by atoms with Crippen molar-refractivity contribution in [3.8, 4) is 0 Å². The number of aromatic amines is 1. The fraction of sp³-hybridized carbons (Fsp3) is 0.0833. The predicted molar refractivity (Wildman–Crippen MR) is 69.7 cm³/mol. The molecule has 2 aromatic heterocycles. The largest absolute Gasteiger partial charge is 0.368 e. The van der Waals surface area contributed by atoms with Crippen LogP contribution in [0.5, 0.6) is 0 Å². The molecule has 0 unspecified atom stereocenters. The van der Waals surface area contributed by atoms with Gasteiger partial charge in [-0.15, -0.1) is 0 Å². The Labute approximate surface area is 116 Å². The number of nitrogens with two attached hydrogens (primary N) is 1. The van der Waals surface area contributed by atoms with E-state index in [0.29, 0.717) is 22.9 Å². The highest BCUT2D eigenvalue weighted by molar-refractivity contribution is 5.86. The van der Waals surface area contributed by atoms with Gasteiger partial charge in [-0.25, -0.2) is 13.2 Å². The average Bonchev–Trinajstić information content (AvgIpc) is 2.89. The number of nitrogens with zero attached hydrogens (tertiary/aromatic N) is 3. The minimum Gasteiger partial charge on any atom is -0.368 e. The van der Waals surface area contributed by atoms with Gasteiger partial charge in [0.2, 0.25) is 5.95 Å². The van der Waals surface area contributed by atoms with Crippen LogP contribution in [0.1, 0.15) is 5.56 Å². The lowest BCUT2D eigenvalue weighted by Crippen LogP contribution is -2.07. The number of hydrogen-bond acceptors (Lipinski definition) is 5. The zero-order chi connectivity index (χ0) is 15.0. The normalized spacial score (nSPS) is 11.0. The Balaban J connectivity index is 1.90. The molecule has 0 radical (unpaired) electrons. The second-order valence-corrected chi connectivity index (χ2v) is 4.27. The van der Waals surface area contributed by atoms with Gasteiger partial charge in [0, 0.05) is 18.2 Å². The van der Waals surface area contributed by atoms with Crippen LogP contribution in [0, 0.1) is 17.5 Å². The Bertz CT molecular complexity index is 816. The zero-order valence-electron chi connectivity index (χ0n) is 10.5. The minimum atomic E-state index is -1.24. The first-order valence-corrected chi connectivity index (χ1v) is 5.88. The third-order valence-electron chi connectivity index (χ3n) is 2.86. The maximum absolute atomic E-state index is 13.5. The van der Waals surface area contributed by atoms with E-state index >= 15 is 0 Å². The molecule has 108 valence electrons. The first kappa shape index (κ1) is 13.2. The Morgan fingerprint density at radius 1 is 1.10 bits per heavy atom. The summed E-state index contributed by atoms with van der Waals surface area (Å²) in [7, 11) is 0. The monoisotopic (exact) mass is 294 g/mol. The van der Waals surface area contributed by atoms with Crippen LogP contribution < -0.4 is 11.1 Å². The zero-order valence-corrected chi connectivity index (χ0v) is 10.5. The van der Waals surface area contributed by atoms with Crippen molar-refractivity contribution in [2.45, 2.75) is 6.54 Å². The third kappa shape index (κ3) is 2.45. The van der Waals surface area contributed by atoms with E-state index in [1.807, 2.05) is 0 Å². The highest BCUT2D eigenvalue weighted by Crippen LogP contribution is 2.20. The molecule has 0 aliphatic rings. The van der Waals surface area contributed by atoms with Crippen molar-refractivity contribution in [2.24, 2.45) is 0 Å². The van der Waals surface area contributed by atoms with Crippen molar-refractivity contribution >= 4 is 22.8 Å². The summed E-state index contributed by atoms with van der Waals surface area (Å²) in [6, 6.07) is 1.28. The van der Waals surface area contributed by atoms with Crippen molar-refractivity contribution in [2.75, 3.05) is 11.1 Å². The molecule has 0 amide bonds. The molecule has 1 aromatic carbocycles. The standard InChI is InChI=1S/C12H9F3N6/c13-7-2-9(15)8(14)1-5(7)3-17-10-6-4-18-21-11(6)20-12(16)19-10/h1-2,4H,3H2,(H4,16,17,18,19,20,21). The van der Waals surface area contributed by atoms with E-state index in [2.05, 4.69) is 25.5 Å². The quantitative estimate of drug-likeness (QED) is 0.642. The molecule has 0 saturated carbocycles. The number of fused-ring (bicyclic) bond motifs is 1. The number of halogens is 3. The predicted octanol–water partition coefficient (Wildman–Crippen LogP) is 1.96. The number of H-pyrrole nitrogens is 1. The van der Waals surface area contributed by atoms with Crippen LogP contribution in [0.2, 0.25) is 0 Å². The number of aromatic nitrogens is 4. The Hall–Kier alpha value is -2.84. The van der Waals surface area contributed by atoms with Crippen molar-refractivity contribution in [1.82, 2.24) is 20.2 Å². The fourth-order valence-corrected chi connectivity index (χ4v) is 1.87. The van der Waals surface area contributed by atoms with E-state index < -0.39 is 17.5 Å². The van der Waals surface area contributed by atoms with Gasteiger partial charge in [0.15, 0.2) is 17.3 Å². The van der Waals surface area contributed by atoms with E-state index in [4.69, 9.17) is 5.73 Å². The van der Waals surface area contributed by atoms with Crippen LogP contribution in [-0.2, 0) is 6.54 Å². The molecule has 9 heteroatoms. The van der Waals surface area contributed by atoms with E-state index in [9.17, 15) is 13.2 Å². The average molecular weight is 294 g/mol. The number of nitrogens with one attached hydrogen (secondary N) is 2. The minimum absolute atomic E-state index is 0.00000798. The summed E-state index contributed by atoms with van der Waals surface area (Å²) >= 11 is 0. The molecule has 0 aliphatic carbocycles. The highest BCUT2D eigenvalue weighted by atomic mass is 19.2. The Morgan fingerprint density at radius 3 is 2.67 bits per heavy atom. The summed E-state index contributed by atoms with van der Waals surface area (Å²) < 4.78 is 39.5. The van der Waals surface area contributed by atoms with Gasteiger partial charge in [0.05, 0.1) is 11.6 Å². The number of anilines is 2. The number of hydrogen-bond donors (Lipinski definition) is 3. The highest BCUT2D eigenvalue weighted by Gasteiger charge is 2.12. The number of rotatable bonds is 3. The fourth-order valence-electron chi connectivity index (χ4n) is 1.87. The summed E-state index contributed by atoms with van der Waals surface area (Å²) in [4.78, 5) is 7.88. The third-order valence-corrected chi connectivity index (χ3v) is 2.86. The van der Waals surface area contributed by atoms with Gasteiger partial charge in [-0.1, -0.05) is 0 Å². The topological polar surface area (TPSA) is 92.5 Å². The van der Waals surface area contributed by atoms with Crippen LogP contribution in [0.4, 0.5) is 24.9 Å². The molecule has 0 bridgehead atoms. The molecule has 0 spiro atoms. The van der Waals surface area contributed by atoms with Crippen LogP contribution in [0.25, 0.3) is 11.0 Å². The molecule has 21 heavy (non-hydrogen) atoms. The van der Waals surface area contributed by atoms with Gasteiger partial charge in [0.25, 0.3) is 0 Å². The Kier molecular flexibility index (Phi) is 3.09. The maximum Gasteiger partial charge on any atom is 0.224 e. The van der Waals surface area contributed by atoms with E-state index in [0.717, 1.165) is 6.07 Å². The summed E-state index contributed by atoms with van der Waals surface area (Å²) in [5.41, 5.74) is 5.91. The lowest BCUT2D eigenvalue weighted by Gasteiger charge is -2.08. The lowest BCUT2D eigenvalue weighted by atomic mass is 10.2. The van der Waals surface area contributed by atoms with Gasteiger partial charge >= 0.3 is 0 Å². The molecule has 4 N–H and O–H groups in total. The molecular formula is C12H9F3N6. The second kappa shape index (κ2) is 4.93. The molecule has 3 aromatic rings. The van der Waals surface area contributed by atoms with Crippen LogP contribution in [-0.4, -0.2) is 20.2 Å². The summed E-state index contributed by atoms with van der Waals surface area (Å²) in [5, 5.41) is 9.76. The molecule has 0 fully saturated rings. The van der Waals surface area contributed by atoms with Crippen molar-refractivity contribution in [3.05, 3.63) is 41.3 Å². The van der Waals surface area contributed by atoms with Gasteiger partial charge in [-0.3, -0.25) is 5.10 Å². The van der Waals surface area contributed by atoms with Gasteiger partial charge in [-0.05, 0) is 6.07 Å². The maximum atomic E-state index is 13.5. The molecule has 2 heterocycles. The van der Waals surface area contributed by atoms with Gasteiger partial charge in [-0.2, -0.15) is 15.1 Å². The van der Waals surface area contributed by atoms with Crippen LogP contribution >= 0.6 is 0 Å². The summed E-state index contributed by atoms with van der Waals surface area (Å²) in [5.74, 6) is -2.90. The van der Waals surface area contributed by atoms with E-state index in [1.54, 1.807) is 0 Å². The van der Waals surface area contributed by atoms with E-state index in [-0.39, 0.29) is 18.1 Å². The van der Waals surface area contributed by atoms with Crippen LogP contribution in [0.3, 0.4) is 0 Å². The van der Waals surface area contributed by atoms with E-state index in [1.165, 1.54) is 6.20 Å². The Morgan fingerprint density at radius 2 is 1.86 bits per heavy atom. The SMILES string of the molecule is Nc1nc(NCc2cc(F)c(F)cc2F)c2cn[nH]c2n1. The molecule has 6 nitrogen and oxygen atoms in total. The summed E-state index contributed by atoms with van der Waals surface area (Å²) in [6.07, 6.45) is 1.47. The molecular weight excluding hydrogens is 285 g/mol. The smallest absolute Gasteiger partial charge is 0.224 e. The molecule has 3 rings (SSSR count). The number of benzene rings is 1. The first-order valence-electron chi connectivity index (χ1n) is 5.88. The first-order chi connectivity index (χ1) is 10.0. The molecule has 0 saturated heterocycles. The summed E-state index contributed by atoms with van der Waals surface area (Å²) in [6.45, 7) is -0.0975. The van der Waals surface area contributed by atoms with Crippen molar-refractivity contribution in [3.63, 3.8) is 0 Å². The molecule has 0 aliphatic heterocycles. The van der Waals surface area contributed by atoms with Crippen molar-refractivity contribution < 1.29 is 13.2 Å². The van der Waals surface area contributed by atoms with Crippen molar-refractivity contribution in [1.29, 1.82) is 0 Å². The lowest BCUT2D eigenvalue weighted by molar-refractivity contribution is 0.490.